The Balaban J connectivity index is 1.02. The van der Waals surface area contributed by atoms with Crippen LogP contribution in [0.5, 0.6) is 11.5 Å². The Morgan fingerprint density at radius 3 is 2.51 bits per heavy atom. The van der Waals surface area contributed by atoms with Crippen molar-refractivity contribution < 1.29 is 14.3 Å². The molecular weight excluding hydrogens is 640 g/mol. The molecular formula is C37H47ClN8O3. The maximum Gasteiger partial charge on any atom is 0.225 e. The summed E-state index contributed by atoms with van der Waals surface area (Å²) >= 11 is 6.42. The van der Waals surface area contributed by atoms with E-state index in [2.05, 4.69) is 47.2 Å². The topological polar surface area (TPSA) is 101 Å². The lowest BCUT2D eigenvalue weighted by Crippen LogP contribution is -2.55. The predicted octanol–water partition coefficient (Wildman–Crippen LogP) is 4.75. The van der Waals surface area contributed by atoms with Crippen molar-refractivity contribution in [3.63, 3.8) is 0 Å². The zero-order chi connectivity index (χ0) is 34.0. The lowest BCUT2D eigenvalue weighted by molar-refractivity contribution is -0.138. The molecule has 0 atom stereocenters. The Kier molecular flexibility index (Phi) is 9.94. The van der Waals surface area contributed by atoms with E-state index in [0.717, 1.165) is 105 Å². The standard InChI is InChI=1S/C37H47ClN8O3/c1-39-14-6-15-45-16-11-27-21-32(48-2)33(49-3)22-30(27)37(45)12-9-26(10-13-37)36(47)44-19-17-43(18-20-44)34-29-23-42-46(35(29)41-25-40-34)24-28-7-4-5-8-31(28)38/h4-5,7-8,21-23,25-26,39H,6,9-20,24H2,1-3H3. The summed E-state index contributed by atoms with van der Waals surface area (Å²) in [5.74, 6) is 2.76. The van der Waals surface area contributed by atoms with E-state index in [1.54, 1.807) is 20.5 Å². The van der Waals surface area contributed by atoms with E-state index in [1.807, 2.05) is 42.2 Å². The number of anilines is 1. The summed E-state index contributed by atoms with van der Waals surface area (Å²) in [7, 11) is 5.43. The number of nitrogens with one attached hydrogen (secondary N) is 1. The molecule has 1 amide bonds. The molecule has 0 radical (unpaired) electrons. The van der Waals surface area contributed by atoms with Gasteiger partial charge in [-0.15, -0.1) is 0 Å². The highest BCUT2D eigenvalue weighted by atomic mass is 35.5. The van der Waals surface area contributed by atoms with E-state index in [4.69, 9.17) is 21.1 Å². The third-order valence-electron chi connectivity index (χ3n) is 11.0. The molecule has 7 rings (SSSR count). The van der Waals surface area contributed by atoms with Crippen molar-refractivity contribution in [1.82, 2.24) is 34.9 Å². The van der Waals surface area contributed by atoms with Crippen LogP contribution < -0.4 is 19.7 Å². The van der Waals surface area contributed by atoms with Gasteiger partial charge in [0, 0.05) is 55.7 Å². The van der Waals surface area contributed by atoms with Crippen LogP contribution in [0.3, 0.4) is 0 Å². The molecule has 1 saturated carbocycles. The molecule has 3 aliphatic rings. The van der Waals surface area contributed by atoms with E-state index in [9.17, 15) is 4.79 Å². The number of carbonyl (C=O) groups is 1. The van der Waals surface area contributed by atoms with Gasteiger partial charge in [0.15, 0.2) is 17.1 Å². The maximum absolute atomic E-state index is 14.0. The fraction of sp³-hybridized carbons (Fsp3) is 0.514. The first-order valence-corrected chi connectivity index (χ1v) is 17.9. The molecule has 0 unspecified atom stereocenters. The zero-order valence-corrected chi connectivity index (χ0v) is 29.6. The molecule has 49 heavy (non-hydrogen) atoms. The van der Waals surface area contributed by atoms with E-state index in [-0.39, 0.29) is 11.5 Å². The van der Waals surface area contributed by atoms with E-state index in [0.29, 0.717) is 30.6 Å². The number of hydrogen-bond donors (Lipinski definition) is 1. The lowest BCUT2D eigenvalue weighted by Gasteiger charge is -2.52. The first kappa shape index (κ1) is 33.6. The van der Waals surface area contributed by atoms with Crippen LogP contribution in [-0.4, -0.2) is 103 Å². The first-order valence-electron chi connectivity index (χ1n) is 17.5. The molecule has 11 nitrogen and oxygen atoms in total. The number of piperazine rings is 1. The minimum Gasteiger partial charge on any atom is -0.493 e. The number of fused-ring (bicyclic) bond motifs is 3. The quantitative estimate of drug-likeness (QED) is 0.237. The highest BCUT2D eigenvalue weighted by Gasteiger charge is 2.47. The second-order valence-electron chi connectivity index (χ2n) is 13.5. The Labute approximate surface area is 293 Å². The number of aromatic nitrogens is 4. The van der Waals surface area contributed by atoms with E-state index < -0.39 is 0 Å². The molecule has 2 fully saturated rings. The van der Waals surface area contributed by atoms with Crippen molar-refractivity contribution in [2.45, 2.75) is 50.6 Å². The SMILES string of the molecule is CNCCCN1CCc2cc(OC)c(OC)cc2C12CCC(C(=O)N1CCN(c3ncnc4c3cnn4Cc3ccccc3Cl)CC1)CC2. The second-order valence-corrected chi connectivity index (χ2v) is 13.9. The Morgan fingerprint density at radius 1 is 1.02 bits per heavy atom. The summed E-state index contributed by atoms with van der Waals surface area (Å²) in [4.78, 5) is 30.2. The molecule has 1 spiro atoms. The summed E-state index contributed by atoms with van der Waals surface area (Å²) in [5, 5.41) is 9.56. The molecule has 4 heterocycles. The van der Waals surface area contributed by atoms with Gasteiger partial charge in [0.05, 0.1) is 32.3 Å². The van der Waals surface area contributed by atoms with Crippen molar-refractivity contribution >= 4 is 34.4 Å². The van der Waals surface area contributed by atoms with Crippen molar-refractivity contribution in [3.05, 3.63) is 70.6 Å². The third kappa shape index (κ3) is 6.44. The van der Waals surface area contributed by atoms with Crippen molar-refractivity contribution in [2.24, 2.45) is 5.92 Å². The summed E-state index contributed by atoms with van der Waals surface area (Å²) in [6.45, 7) is 6.37. The first-order chi connectivity index (χ1) is 24.0. The molecule has 2 aliphatic heterocycles. The number of rotatable bonds is 10. The number of ether oxygens (including phenoxy) is 2. The summed E-state index contributed by atoms with van der Waals surface area (Å²) < 4.78 is 13.3. The van der Waals surface area contributed by atoms with Crippen LogP contribution in [-0.2, 0) is 23.3 Å². The number of nitrogens with zero attached hydrogens (tertiary/aromatic N) is 7. The fourth-order valence-corrected chi connectivity index (χ4v) is 8.53. The molecule has 2 aromatic heterocycles. The molecule has 4 aromatic rings. The van der Waals surface area contributed by atoms with Crippen molar-refractivity contribution in [1.29, 1.82) is 0 Å². The Morgan fingerprint density at radius 2 is 1.78 bits per heavy atom. The Bertz CT molecular complexity index is 1780. The van der Waals surface area contributed by atoms with Crippen LogP contribution in [0, 0.1) is 5.92 Å². The molecule has 1 aliphatic carbocycles. The molecule has 1 N–H and O–H groups in total. The zero-order valence-electron chi connectivity index (χ0n) is 28.8. The average molecular weight is 687 g/mol. The number of halogens is 1. The van der Waals surface area contributed by atoms with Crippen molar-refractivity contribution in [2.75, 3.05) is 72.0 Å². The highest BCUT2D eigenvalue weighted by Crippen LogP contribution is 2.50. The van der Waals surface area contributed by atoms with Crippen LogP contribution in [0.4, 0.5) is 5.82 Å². The highest BCUT2D eigenvalue weighted by molar-refractivity contribution is 6.31. The smallest absolute Gasteiger partial charge is 0.225 e. The fourth-order valence-electron chi connectivity index (χ4n) is 8.33. The molecule has 1 saturated heterocycles. The second kappa shape index (κ2) is 14.5. The summed E-state index contributed by atoms with van der Waals surface area (Å²) in [6, 6.07) is 12.2. The van der Waals surface area contributed by atoms with Crippen LogP contribution in [0.2, 0.25) is 5.02 Å². The number of methoxy groups -OCH3 is 2. The lowest BCUT2D eigenvalue weighted by atomic mass is 9.68. The van der Waals surface area contributed by atoms with Gasteiger partial charge in [-0.3, -0.25) is 9.69 Å². The molecule has 2 aromatic carbocycles. The average Bonchev–Trinajstić information content (AvgIpc) is 3.56. The van der Waals surface area contributed by atoms with E-state index in [1.165, 1.54) is 11.1 Å². The molecule has 12 heteroatoms. The summed E-state index contributed by atoms with van der Waals surface area (Å²) in [5.41, 5.74) is 4.37. The van der Waals surface area contributed by atoms with Gasteiger partial charge in [-0.05, 0) is 87.0 Å². The normalized spacial score (nSPS) is 21.3. The van der Waals surface area contributed by atoms with E-state index >= 15 is 0 Å². The maximum atomic E-state index is 14.0. The van der Waals surface area contributed by atoms with Gasteiger partial charge in [-0.1, -0.05) is 29.8 Å². The van der Waals surface area contributed by atoms with Gasteiger partial charge in [0.25, 0.3) is 0 Å². The van der Waals surface area contributed by atoms with Crippen LogP contribution in [0.1, 0.15) is 48.8 Å². The van der Waals surface area contributed by atoms with Gasteiger partial charge < -0.3 is 24.6 Å². The van der Waals surface area contributed by atoms with Crippen LogP contribution in [0.25, 0.3) is 11.0 Å². The Hall–Kier alpha value is -3.93. The predicted molar refractivity (Wildman–Crippen MR) is 192 cm³/mol. The van der Waals surface area contributed by atoms with Gasteiger partial charge in [0.2, 0.25) is 5.91 Å². The number of hydrogen-bond acceptors (Lipinski definition) is 9. The summed E-state index contributed by atoms with van der Waals surface area (Å²) in [6.07, 6.45) is 9.21. The largest absolute Gasteiger partial charge is 0.493 e. The van der Waals surface area contributed by atoms with Gasteiger partial charge in [-0.25, -0.2) is 14.6 Å². The number of carbonyl (C=O) groups excluding carboxylic acids is 1. The van der Waals surface area contributed by atoms with Crippen molar-refractivity contribution in [3.8, 4) is 11.5 Å². The van der Waals surface area contributed by atoms with Gasteiger partial charge in [-0.2, -0.15) is 5.10 Å². The van der Waals surface area contributed by atoms with Crippen LogP contribution in [0.15, 0.2) is 48.9 Å². The van der Waals surface area contributed by atoms with Gasteiger partial charge >= 0.3 is 0 Å². The number of amides is 1. The minimum atomic E-state index is -0.0922. The minimum absolute atomic E-state index is 0.0376. The molecule has 260 valence electrons. The van der Waals surface area contributed by atoms with Gasteiger partial charge in [0.1, 0.15) is 12.1 Å². The molecule has 0 bridgehead atoms. The number of benzene rings is 2. The van der Waals surface area contributed by atoms with Crippen LogP contribution >= 0.6 is 11.6 Å². The third-order valence-corrected chi connectivity index (χ3v) is 11.3. The monoisotopic (exact) mass is 686 g/mol.